The number of hydrogen-bond donors (Lipinski definition) is 3. The van der Waals surface area contributed by atoms with Gasteiger partial charge in [-0.1, -0.05) is 0 Å². The van der Waals surface area contributed by atoms with Crippen molar-refractivity contribution in [2.24, 2.45) is 0 Å². The van der Waals surface area contributed by atoms with Gasteiger partial charge in [0.25, 0.3) is 0 Å². The molecule has 0 spiro atoms. The fourth-order valence-corrected chi connectivity index (χ4v) is 1.32. The maximum absolute atomic E-state index is 11.9. The molecule has 0 unspecified atom stereocenters. The number of amides is 2. The van der Waals surface area contributed by atoms with Gasteiger partial charge in [0.2, 0.25) is 0 Å². The Morgan fingerprint density at radius 3 is 2.14 bits per heavy atom. The molecule has 128 valence electrons. The number of carbonyl (C=O) groups excluding carboxylic acids is 2. The Bertz CT molecular complexity index is 418. The molecule has 1 atom stereocenters. The molecule has 0 radical (unpaired) electrons. The first-order chi connectivity index (χ1) is 9.83. The van der Waals surface area contributed by atoms with Crippen LogP contribution < -0.4 is 10.6 Å². The van der Waals surface area contributed by atoms with Gasteiger partial charge in [0.05, 0.1) is 0 Å². The number of aliphatic carboxylic acids is 1. The number of nitrogens with one attached hydrogen (secondary N) is 2. The van der Waals surface area contributed by atoms with E-state index in [2.05, 4.69) is 5.32 Å². The van der Waals surface area contributed by atoms with E-state index in [0.717, 1.165) is 0 Å². The quantitative estimate of drug-likeness (QED) is 0.640. The molecule has 0 heterocycles. The van der Waals surface area contributed by atoms with Gasteiger partial charge in [-0.15, -0.1) is 0 Å². The largest absolute Gasteiger partial charge is 0.480 e. The Balaban J connectivity index is 4.25. The van der Waals surface area contributed by atoms with Gasteiger partial charge < -0.3 is 20.5 Å². The highest BCUT2D eigenvalue weighted by molar-refractivity contribution is 5.81. The fraction of sp³-hybridized carbons (Fsp3) is 0.750. The van der Waals surface area contributed by atoms with E-state index in [9.17, 15) is 27.6 Å². The zero-order valence-electron chi connectivity index (χ0n) is 12.4. The van der Waals surface area contributed by atoms with Gasteiger partial charge in [-0.05, 0) is 33.6 Å². The molecule has 0 aromatic rings. The summed E-state index contributed by atoms with van der Waals surface area (Å²) in [6.07, 6.45) is -6.15. The third-order valence-corrected chi connectivity index (χ3v) is 2.20. The molecule has 0 saturated carbocycles. The average molecular weight is 328 g/mol. The number of carbonyl (C=O) groups is 3. The topological polar surface area (TPSA) is 105 Å². The van der Waals surface area contributed by atoms with Crippen molar-refractivity contribution in [2.45, 2.75) is 51.4 Å². The van der Waals surface area contributed by atoms with Gasteiger partial charge >= 0.3 is 24.1 Å². The molecule has 0 aliphatic rings. The van der Waals surface area contributed by atoms with Crippen LogP contribution in [0.4, 0.5) is 18.0 Å². The SMILES string of the molecule is CC(C)(C)OC(=O)N[C@@H](CCCNC(=O)C(F)(F)F)C(=O)O. The summed E-state index contributed by atoms with van der Waals surface area (Å²) in [5.74, 6) is -3.45. The minimum absolute atomic E-state index is 0.0609. The van der Waals surface area contributed by atoms with E-state index in [4.69, 9.17) is 9.84 Å². The Morgan fingerprint density at radius 1 is 1.18 bits per heavy atom. The summed E-state index contributed by atoms with van der Waals surface area (Å²) in [5, 5.41) is 12.6. The van der Waals surface area contributed by atoms with E-state index >= 15 is 0 Å². The van der Waals surface area contributed by atoms with Crippen LogP contribution in [0.15, 0.2) is 0 Å². The zero-order valence-corrected chi connectivity index (χ0v) is 12.4. The molecule has 0 fully saturated rings. The van der Waals surface area contributed by atoms with Crippen LogP contribution in [0.2, 0.25) is 0 Å². The number of halogens is 3. The predicted octanol–water partition coefficient (Wildman–Crippen LogP) is 1.42. The van der Waals surface area contributed by atoms with Crippen LogP contribution in [0.5, 0.6) is 0 Å². The normalized spacial score (nSPS) is 13.2. The van der Waals surface area contributed by atoms with Crippen LogP contribution in [0.25, 0.3) is 0 Å². The second-order valence-corrected chi connectivity index (χ2v) is 5.43. The van der Waals surface area contributed by atoms with Gasteiger partial charge in [-0.25, -0.2) is 9.59 Å². The van der Waals surface area contributed by atoms with E-state index in [1.165, 1.54) is 0 Å². The lowest BCUT2D eigenvalue weighted by Gasteiger charge is -2.22. The highest BCUT2D eigenvalue weighted by atomic mass is 19.4. The summed E-state index contributed by atoms with van der Waals surface area (Å²) >= 11 is 0. The summed E-state index contributed by atoms with van der Waals surface area (Å²) in [6.45, 7) is 4.41. The monoisotopic (exact) mass is 328 g/mol. The average Bonchev–Trinajstić information content (AvgIpc) is 2.28. The van der Waals surface area contributed by atoms with Crippen molar-refractivity contribution in [2.75, 3.05) is 6.54 Å². The standard InChI is InChI=1S/C12H19F3N2O5/c1-11(2,3)22-10(21)17-7(8(18)19)5-4-6-16-9(20)12(13,14)15/h7H,4-6H2,1-3H3,(H,16,20)(H,17,21)(H,18,19)/t7-/m0/s1. The molecule has 22 heavy (non-hydrogen) atoms. The van der Waals surface area contributed by atoms with Crippen molar-refractivity contribution in [3.63, 3.8) is 0 Å². The lowest BCUT2D eigenvalue weighted by atomic mass is 10.1. The van der Waals surface area contributed by atoms with Crippen LogP contribution >= 0.6 is 0 Å². The number of carboxylic acids is 1. The summed E-state index contributed by atoms with van der Waals surface area (Å²) in [6, 6.07) is -1.32. The minimum Gasteiger partial charge on any atom is -0.480 e. The number of ether oxygens (including phenoxy) is 1. The second kappa shape index (κ2) is 7.85. The highest BCUT2D eigenvalue weighted by Crippen LogP contribution is 2.14. The molecule has 0 rings (SSSR count). The Morgan fingerprint density at radius 2 is 1.73 bits per heavy atom. The first-order valence-electron chi connectivity index (χ1n) is 6.40. The third kappa shape index (κ3) is 9.03. The number of rotatable bonds is 6. The van der Waals surface area contributed by atoms with Crippen molar-refractivity contribution in [3.05, 3.63) is 0 Å². The minimum atomic E-state index is -4.99. The second-order valence-electron chi connectivity index (χ2n) is 5.43. The van der Waals surface area contributed by atoms with Crippen LogP contribution in [-0.4, -0.2) is 47.4 Å². The third-order valence-electron chi connectivity index (χ3n) is 2.20. The smallest absolute Gasteiger partial charge is 0.471 e. The molecular weight excluding hydrogens is 309 g/mol. The number of alkyl carbamates (subject to hydrolysis) is 1. The van der Waals surface area contributed by atoms with E-state index in [0.29, 0.717) is 0 Å². The molecule has 7 nitrogen and oxygen atoms in total. The predicted molar refractivity (Wildman–Crippen MR) is 69.1 cm³/mol. The van der Waals surface area contributed by atoms with Crippen LogP contribution in [0, 0.1) is 0 Å². The highest BCUT2D eigenvalue weighted by Gasteiger charge is 2.38. The molecule has 3 N–H and O–H groups in total. The molecule has 2 amide bonds. The number of carboxylic acid groups (broad SMARTS) is 1. The van der Waals surface area contributed by atoms with E-state index in [-0.39, 0.29) is 19.4 Å². The number of alkyl halides is 3. The van der Waals surface area contributed by atoms with E-state index in [1.807, 2.05) is 0 Å². The fourth-order valence-electron chi connectivity index (χ4n) is 1.32. The molecule has 10 heteroatoms. The Labute approximate surface area is 125 Å². The molecular formula is C12H19F3N2O5. The number of hydrogen-bond acceptors (Lipinski definition) is 4. The molecule has 0 aliphatic heterocycles. The lowest BCUT2D eigenvalue weighted by Crippen LogP contribution is -2.44. The van der Waals surface area contributed by atoms with Gasteiger partial charge in [0, 0.05) is 6.54 Å². The van der Waals surface area contributed by atoms with Crippen LogP contribution in [0.1, 0.15) is 33.6 Å². The van der Waals surface area contributed by atoms with E-state index in [1.54, 1.807) is 26.1 Å². The lowest BCUT2D eigenvalue weighted by molar-refractivity contribution is -0.173. The van der Waals surface area contributed by atoms with Crippen LogP contribution in [-0.2, 0) is 14.3 Å². The Hall–Kier alpha value is -2.00. The van der Waals surface area contributed by atoms with E-state index < -0.39 is 35.8 Å². The molecule has 0 saturated heterocycles. The molecule has 0 aromatic heterocycles. The maximum atomic E-state index is 11.9. The zero-order chi connectivity index (χ0) is 17.6. The summed E-state index contributed by atoms with van der Waals surface area (Å²) < 4.78 is 40.6. The molecule has 0 aromatic carbocycles. The molecule has 0 aliphatic carbocycles. The van der Waals surface area contributed by atoms with Crippen molar-refractivity contribution >= 4 is 18.0 Å². The van der Waals surface area contributed by atoms with Gasteiger partial charge in [0.15, 0.2) is 0 Å². The first kappa shape index (κ1) is 20.0. The van der Waals surface area contributed by atoms with Gasteiger partial charge in [0.1, 0.15) is 11.6 Å². The maximum Gasteiger partial charge on any atom is 0.471 e. The van der Waals surface area contributed by atoms with Crippen molar-refractivity contribution < 1.29 is 37.4 Å². The van der Waals surface area contributed by atoms with Crippen molar-refractivity contribution in [1.82, 2.24) is 10.6 Å². The van der Waals surface area contributed by atoms with Gasteiger partial charge in [-0.3, -0.25) is 4.79 Å². The van der Waals surface area contributed by atoms with Crippen molar-refractivity contribution in [1.29, 1.82) is 0 Å². The molecule has 0 bridgehead atoms. The summed E-state index contributed by atoms with van der Waals surface area (Å²) in [5.41, 5.74) is -0.812. The van der Waals surface area contributed by atoms with Crippen LogP contribution in [0.3, 0.4) is 0 Å². The Kier molecular flexibility index (Phi) is 7.14. The summed E-state index contributed by atoms with van der Waals surface area (Å²) in [4.78, 5) is 32.9. The summed E-state index contributed by atoms with van der Waals surface area (Å²) in [7, 11) is 0. The van der Waals surface area contributed by atoms with Gasteiger partial charge in [-0.2, -0.15) is 13.2 Å². The first-order valence-corrected chi connectivity index (χ1v) is 6.40. The van der Waals surface area contributed by atoms with Crippen molar-refractivity contribution in [3.8, 4) is 0 Å².